The molecule has 0 atom stereocenters. The fourth-order valence-corrected chi connectivity index (χ4v) is 1.63. The van der Waals surface area contributed by atoms with Crippen LogP contribution in [-0.2, 0) is 0 Å². The van der Waals surface area contributed by atoms with Gasteiger partial charge in [-0.1, -0.05) is 12.1 Å². The molecule has 104 valence electrons. The van der Waals surface area contributed by atoms with Gasteiger partial charge >= 0.3 is 6.61 Å². The lowest BCUT2D eigenvalue weighted by atomic mass is 10.2. The molecule has 20 heavy (non-hydrogen) atoms. The highest BCUT2D eigenvalue weighted by Gasteiger charge is 2.09. The third-order valence-electron chi connectivity index (χ3n) is 2.47. The number of halogens is 2. The smallest absolute Gasteiger partial charge is 0.387 e. The van der Waals surface area contributed by atoms with Gasteiger partial charge in [-0.05, 0) is 36.4 Å². The lowest BCUT2D eigenvalue weighted by Gasteiger charge is -2.08. The molecule has 0 bridgehead atoms. The summed E-state index contributed by atoms with van der Waals surface area (Å²) in [5.74, 6) is -0.504. The van der Waals surface area contributed by atoms with E-state index in [4.69, 9.17) is 5.73 Å². The second kappa shape index (κ2) is 6.01. The van der Waals surface area contributed by atoms with Gasteiger partial charge < -0.3 is 15.8 Å². The van der Waals surface area contributed by atoms with Gasteiger partial charge in [-0.3, -0.25) is 4.79 Å². The van der Waals surface area contributed by atoms with Crippen LogP contribution in [0.1, 0.15) is 10.4 Å². The van der Waals surface area contributed by atoms with Gasteiger partial charge in [0.2, 0.25) is 0 Å². The van der Waals surface area contributed by atoms with E-state index in [0.29, 0.717) is 11.4 Å². The van der Waals surface area contributed by atoms with Gasteiger partial charge in [-0.15, -0.1) is 0 Å². The molecule has 4 nitrogen and oxygen atoms in total. The summed E-state index contributed by atoms with van der Waals surface area (Å²) in [7, 11) is 0. The molecule has 6 heteroatoms. The number of nitrogens with two attached hydrogens (primary N) is 1. The molecule has 1 amide bonds. The number of hydrogen-bond acceptors (Lipinski definition) is 3. The number of hydrogen-bond donors (Lipinski definition) is 2. The third kappa shape index (κ3) is 3.68. The number of anilines is 2. The topological polar surface area (TPSA) is 64.3 Å². The number of carbonyl (C=O) groups excluding carboxylic acids is 1. The average molecular weight is 278 g/mol. The summed E-state index contributed by atoms with van der Waals surface area (Å²) in [4.78, 5) is 12.0. The van der Waals surface area contributed by atoms with E-state index in [1.165, 1.54) is 24.3 Å². The first-order valence-corrected chi connectivity index (χ1v) is 5.76. The Morgan fingerprint density at radius 2 is 1.90 bits per heavy atom. The van der Waals surface area contributed by atoms with Crippen molar-refractivity contribution in [2.75, 3.05) is 11.1 Å². The van der Waals surface area contributed by atoms with E-state index in [2.05, 4.69) is 10.1 Å². The fourth-order valence-electron chi connectivity index (χ4n) is 1.63. The first-order valence-electron chi connectivity index (χ1n) is 5.76. The molecule has 0 aliphatic heterocycles. The predicted molar refractivity (Wildman–Crippen MR) is 71.9 cm³/mol. The van der Waals surface area contributed by atoms with Gasteiger partial charge in [0.25, 0.3) is 5.91 Å². The van der Waals surface area contributed by atoms with E-state index in [9.17, 15) is 13.6 Å². The van der Waals surface area contributed by atoms with Crippen LogP contribution in [0.15, 0.2) is 48.5 Å². The minimum absolute atomic E-state index is 0.0692. The highest BCUT2D eigenvalue weighted by Crippen LogP contribution is 2.18. The number of amides is 1. The van der Waals surface area contributed by atoms with Crippen molar-refractivity contribution in [3.8, 4) is 5.75 Å². The van der Waals surface area contributed by atoms with Crippen molar-refractivity contribution in [2.45, 2.75) is 6.61 Å². The van der Waals surface area contributed by atoms with Crippen molar-refractivity contribution in [2.24, 2.45) is 0 Å². The van der Waals surface area contributed by atoms with Gasteiger partial charge in [0.15, 0.2) is 0 Å². The number of carbonyl (C=O) groups is 1. The molecule has 0 unspecified atom stereocenters. The van der Waals surface area contributed by atoms with E-state index >= 15 is 0 Å². The Morgan fingerprint density at radius 1 is 1.15 bits per heavy atom. The largest absolute Gasteiger partial charge is 0.435 e. The van der Waals surface area contributed by atoms with Gasteiger partial charge in [0.1, 0.15) is 5.75 Å². The molecule has 0 saturated carbocycles. The quantitative estimate of drug-likeness (QED) is 0.844. The molecule has 0 saturated heterocycles. The Balaban J connectivity index is 2.13. The van der Waals surface area contributed by atoms with Gasteiger partial charge in [0.05, 0.1) is 0 Å². The summed E-state index contributed by atoms with van der Waals surface area (Å²) in [6.07, 6.45) is 0. The van der Waals surface area contributed by atoms with Crippen molar-refractivity contribution >= 4 is 17.3 Å². The number of alkyl halides is 2. The fraction of sp³-hybridized carbons (Fsp3) is 0.0714. The zero-order valence-electron chi connectivity index (χ0n) is 10.3. The lowest BCUT2D eigenvalue weighted by molar-refractivity contribution is -0.0498. The predicted octanol–water partition coefficient (Wildman–Crippen LogP) is 3.12. The Morgan fingerprint density at radius 3 is 2.60 bits per heavy atom. The zero-order valence-corrected chi connectivity index (χ0v) is 10.3. The molecule has 2 rings (SSSR count). The summed E-state index contributed by atoms with van der Waals surface area (Å²) in [6, 6.07) is 12.2. The van der Waals surface area contributed by atoms with Crippen molar-refractivity contribution in [3.63, 3.8) is 0 Å². The zero-order chi connectivity index (χ0) is 14.5. The van der Waals surface area contributed by atoms with Crippen molar-refractivity contribution < 1.29 is 18.3 Å². The van der Waals surface area contributed by atoms with Crippen molar-refractivity contribution in [1.82, 2.24) is 0 Å². The number of ether oxygens (including phenoxy) is 1. The maximum atomic E-state index is 12.1. The normalized spacial score (nSPS) is 10.3. The molecule has 0 aliphatic carbocycles. The first kappa shape index (κ1) is 13.8. The second-order valence-corrected chi connectivity index (χ2v) is 3.99. The summed E-state index contributed by atoms with van der Waals surface area (Å²) < 4.78 is 28.5. The molecule has 2 aromatic carbocycles. The van der Waals surface area contributed by atoms with Crippen LogP contribution in [0, 0.1) is 0 Å². The summed E-state index contributed by atoms with van der Waals surface area (Å²) >= 11 is 0. The Hall–Kier alpha value is -2.63. The van der Waals surface area contributed by atoms with E-state index in [0.717, 1.165) is 0 Å². The van der Waals surface area contributed by atoms with Crippen LogP contribution in [-0.4, -0.2) is 12.5 Å². The maximum Gasteiger partial charge on any atom is 0.387 e. The number of nitrogens with one attached hydrogen (secondary N) is 1. The standard InChI is InChI=1S/C14H12F2N2O2/c15-14(16)20-12-6-1-3-9(7-12)13(19)18-11-5-2-4-10(17)8-11/h1-8,14H,17H2,(H,18,19). The van der Waals surface area contributed by atoms with Gasteiger partial charge in [0, 0.05) is 16.9 Å². The van der Waals surface area contributed by atoms with Crippen LogP contribution in [0.4, 0.5) is 20.2 Å². The number of nitrogen functional groups attached to an aromatic ring is 1. The highest BCUT2D eigenvalue weighted by molar-refractivity contribution is 6.04. The van der Waals surface area contributed by atoms with Gasteiger partial charge in [-0.25, -0.2) is 0 Å². The molecule has 0 radical (unpaired) electrons. The molecule has 3 N–H and O–H groups in total. The molecule has 0 spiro atoms. The lowest BCUT2D eigenvalue weighted by Crippen LogP contribution is -2.12. The minimum Gasteiger partial charge on any atom is -0.435 e. The van der Waals surface area contributed by atoms with Crippen molar-refractivity contribution in [1.29, 1.82) is 0 Å². The maximum absolute atomic E-state index is 12.1. The Labute approximate surface area is 114 Å². The van der Waals surface area contributed by atoms with Gasteiger partial charge in [-0.2, -0.15) is 8.78 Å². The van der Waals surface area contributed by atoms with Crippen LogP contribution in [0.2, 0.25) is 0 Å². The Kier molecular flexibility index (Phi) is 4.14. The summed E-state index contributed by atoms with van der Waals surface area (Å²) in [6.45, 7) is -2.93. The SMILES string of the molecule is Nc1cccc(NC(=O)c2cccc(OC(F)F)c2)c1. The molecule has 0 heterocycles. The van der Waals surface area contributed by atoms with Crippen LogP contribution in [0.25, 0.3) is 0 Å². The number of rotatable bonds is 4. The molecular formula is C14H12F2N2O2. The first-order chi connectivity index (χ1) is 9.54. The van der Waals surface area contributed by atoms with E-state index in [1.54, 1.807) is 24.3 Å². The second-order valence-electron chi connectivity index (χ2n) is 3.99. The Bertz CT molecular complexity index is 618. The third-order valence-corrected chi connectivity index (χ3v) is 2.47. The average Bonchev–Trinajstić information content (AvgIpc) is 2.38. The summed E-state index contributed by atoms with van der Waals surface area (Å²) in [5.41, 5.74) is 6.85. The van der Waals surface area contributed by atoms with Crippen LogP contribution < -0.4 is 15.8 Å². The molecule has 0 aromatic heterocycles. The molecule has 0 aliphatic rings. The minimum atomic E-state index is -2.93. The van der Waals surface area contributed by atoms with Crippen LogP contribution in [0.5, 0.6) is 5.75 Å². The summed E-state index contributed by atoms with van der Waals surface area (Å²) in [5, 5.41) is 2.62. The van der Waals surface area contributed by atoms with E-state index < -0.39 is 12.5 Å². The monoisotopic (exact) mass is 278 g/mol. The van der Waals surface area contributed by atoms with E-state index in [1.807, 2.05) is 0 Å². The van der Waals surface area contributed by atoms with Crippen molar-refractivity contribution in [3.05, 3.63) is 54.1 Å². The highest BCUT2D eigenvalue weighted by atomic mass is 19.3. The van der Waals surface area contributed by atoms with E-state index in [-0.39, 0.29) is 11.3 Å². The molecule has 2 aromatic rings. The van der Waals surface area contributed by atoms with Crippen LogP contribution >= 0.6 is 0 Å². The molecular weight excluding hydrogens is 266 g/mol. The van der Waals surface area contributed by atoms with Crippen LogP contribution in [0.3, 0.4) is 0 Å². The molecule has 0 fully saturated rings. The number of benzene rings is 2.